The van der Waals surface area contributed by atoms with Crippen molar-refractivity contribution in [2.75, 3.05) is 6.54 Å². The largest absolute Gasteiger partial charge is 0.330 e. The monoisotopic (exact) mass is 181 g/mol. The molecule has 1 aromatic heterocycles. The number of hydrogen-bond acceptors (Lipinski definition) is 2. The third kappa shape index (κ3) is 4.08. The van der Waals surface area contributed by atoms with Crippen molar-refractivity contribution in [3.8, 4) is 0 Å². The van der Waals surface area contributed by atoms with Gasteiger partial charge in [0.15, 0.2) is 0 Å². The smallest absolute Gasteiger partial charge is 0.0518 e. The van der Waals surface area contributed by atoms with Gasteiger partial charge in [0.2, 0.25) is 0 Å². The second kappa shape index (κ2) is 5.75. The molecule has 0 saturated heterocycles. The molecule has 0 unspecified atom stereocenters. The Hall–Kier alpha value is -0.830. The van der Waals surface area contributed by atoms with E-state index in [2.05, 4.69) is 18.2 Å². The quantitative estimate of drug-likeness (QED) is 0.679. The normalized spacial score (nSPS) is 10.6. The standard InChI is InChI=1S/C10H19N3/c1-10-8-12-13(9-10)7-5-3-2-4-6-11/h8-9H,2-7,11H2,1H3. The first-order valence-corrected chi connectivity index (χ1v) is 5.02. The molecule has 0 radical (unpaired) electrons. The minimum atomic E-state index is 0.820. The Labute approximate surface area is 79.9 Å². The van der Waals surface area contributed by atoms with Crippen molar-refractivity contribution >= 4 is 0 Å². The second-order valence-electron chi connectivity index (χ2n) is 3.48. The van der Waals surface area contributed by atoms with Gasteiger partial charge < -0.3 is 5.73 Å². The Morgan fingerprint density at radius 2 is 2.08 bits per heavy atom. The molecule has 2 N–H and O–H groups in total. The molecule has 0 saturated carbocycles. The van der Waals surface area contributed by atoms with Crippen LogP contribution in [0.2, 0.25) is 0 Å². The fraction of sp³-hybridized carbons (Fsp3) is 0.700. The van der Waals surface area contributed by atoms with Crippen molar-refractivity contribution in [1.29, 1.82) is 0 Å². The SMILES string of the molecule is Cc1cnn(CCCCCCN)c1. The lowest BCUT2D eigenvalue weighted by Gasteiger charge is -2.00. The Morgan fingerprint density at radius 3 is 2.69 bits per heavy atom. The van der Waals surface area contributed by atoms with Gasteiger partial charge in [-0.05, 0) is 31.9 Å². The van der Waals surface area contributed by atoms with Crippen LogP contribution in [0.15, 0.2) is 12.4 Å². The van der Waals surface area contributed by atoms with Crippen LogP contribution in [0.3, 0.4) is 0 Å². The van der Waals surface area contributed by atoms with Gasteiger partial charge in [0.1, 0.15) is 0 Å². The molecule has 13 heavy (non-hydrogen) atoms. The highest BCUT2D eigenvalue weighted by Crippen LogP contribution is 2.02. The maximum absolute atomic E-state index is 5.41. The average Bonchev–Trinajstić information content (AvgIpc) is 2.51. The van der Waals surface area contributed by atoms with E-state index in [0.717, 1.165) is 19.5 Å². The first-order chi connectivity index (χ1) is 6.33. The number of unbranched alkanes of at least 4 members (excludes halogenated alkanes) is 3. The van der Waals surface area contributed by atoms with Crippen LogP contribution in [0, 0.1) is 6.92 Å². The molecule has 0 fully saturated rings. The van der Waals surface area contributed by atoms with Gasteiger partial charge in [-0.15, -0.1) is 0 Å². The zero-order valence-corrected chi connectivity index (χ0v) is 8.37. The molecule has 1 heterocycles. The van der Waals surface area contributed by atoms with Gasteiger partial charge in [0.25, 0.3) is 0 Å². The van der Waals surface area contributed by atoms with Crippen molar-refractivity contribution in [1.82, 2.24) is 9.78 Å². The molecule has 1 aromatic rings. The van der Waals surface area contributed by atoms with Gasteiger partial charge in [-0.1, -0.05) is 12.8 Å². The van der Waals surface area contributed by atoms with Gasteiger partial charge in [-0.3, -0.25) is 4.68 Å². The van der Waals surface area contributed by atoms with E-state index in [1.54, 1.807) is 0 Å². The summed E-state index contributed by atoms with van der Waals surface area (Å²) in [7, 11) is 0. The minimum absolute atomic E-state index is 0.820. The van der Waals surface area contributed by atoms with Crippen LogP contribution >= 0.6 is 0 Å². The van der Waals surface area contributed by atoms with Crippen LogP contribution in [0.25, 0.3) is 0 Å². The van der Waals surface area contributed by atoms with E-state index in [9.17, 15) is 0 Å². The number of nitrogens with zero attached hydrogens (tertiary/aromatic N) is 2. The van der Waals surface area contributed by atoms with Crippen LogP contribution in [0.1, 0.15) is 31.2 Å². The van der Waals surface area contributed by atoms with Crippen molar-refractivity contribution in [3.05, 3.63) is 18.0 Å². The predicted molar refractivity (Wildman–Crippen MR) is 54.5 cm³/mol. The number of aromatic nitrogens is 2. The fourth-order valence-corrected chi connectivity index (χ4v) is 1.36. The minimum Gasteiger partial charge on any atom is -0.330 e. The summed E-state index contributed by atoms with van der Waals surface area (Å²) in [4.78, 5) is 0. The molecule has 0 aromatic carbocycles. The molecule has 0 aliphatic carbocycles. The Kier molecular flexibility index (Phi) is 4.54. The molecule has 0 amide bonds. The zero-order valence-electron chi connectivity index (χ0n) is 8.37. The van der Waals surface area contributed by atoms with Crippen LogP contribution in [-0.4, -0.2) is 16.3 Å². The van der Waals surface area contributed by atoms with E-state index in [0.29, 0.717) is 0 Å². The van der Waals surface area contributed by atoms with Crippen molar-refractivity contribution in [3.63, 3.8) is 0 Å². The molecule has 0 aliphatic heterocycles. The lowest BCUT2D eigenvalue weighted by Crippen LogP contribution is -2.00. The summed E-state index contributed by atoms with van der Waals surface area (Å²) in [6, 6.07) is 0. The van der Waals surface area contributed by atoms with E-state index < -0.39 is 0 Å². The summed E-state index contributed by atoms with van der Waals surface area (Å²) in [6.07, 6.45) is 8.86. The lowest BCUT2D eigenvalue weighted by atomic mass is 10.2. The third-order valence-electron chi connectivity index (χ3n) is 2.10. The van der Waals surface area contributed by atoms with E-state index >= 15 is 0 Å². The maximum Gasteiger partial charge on any atom is 0.0518 e. The van der Waals surface area contributed by atoms with Gasteiger partial charge >= 0.3 is 0 Å². The molecule has 3 heteroatoms. The van der Waals surface area contributed by atoms with E-state index in [1.165, 1.54) is 24.8 Å². The van der Waals surface area contributed by atoms with Gasteiger partial charge in [-0.25, -0.2) is 0 Å². The summed E-state index contributed by atoms with van der Waals surface area (Å²) in [6.45, 7) is 3.93. The highest BCUT2D eigenvalue weighted by molar-refractivity contribution is 4.99. The number of aryl methyl sites for hydroxylation is 2. The Bertz CT molecular complexity index is 230. The van der Waals surface area contributed by atoms with Crippen LogP contribution in [0.4, 0.5) is 0 Å². The third-order valence-corrected chi connectivity index (χ3v) is 2.10. The average molecular weight is 181 g/mol. The van der Waals surface area contributed by atoms with E-state index in [-0.39, 0.29) is 0 Å². The topological polar surface area (TPSA) is 43.8 Å². The summed E-state index contributed by atoms with van der Waals surface area (Å²) < 4.78 is 2.01. The molecule has 74 valence electrons. The first-order valence-electron chi connectivity index (χ1n) is 5.02. The van der Waals surface area contributed by atoms with Crippen molar-refractivity contribution in [2.45, 2.75) is 39.2 Å². The maximum atomic E-state index is 5.41. The highest BCUT2D eigenvalue weighted by Gasteiger charge is 1.93. The first kappa shape index (κ1) is 10.3. The Morgan fingerprint density at radius 1 is 1.31 bits per heavy atom. The van der Waals surface area contributed by atoms with Crippen molar-refractivity contribution < 1.29 is 0 Å². The van der Waals surface area contributed by atoms with Crippen LogP contribution < -0.4 is 5.73 Å². The van der Waals surface area contributed by atoms with Gasteiger partial charge in [0.05, 0.1) is 6.20 Å². The summed E-state index contributed by atoms with van der Waals surface area (Å²) in [5, 5.41) is 4.23. The highest BCUT2D eigenvalue weighted by atomic mass is 15.3. The molecule has 0 atom stereocenters. The molecular weight excluding hydrogens is 162 g/mol. The van der Waals surface area contributed by atoms with Crippen LogP contribution in [0.5, 0.6) is 0 Å². The fourth-order valence-electron chi connectivity index (χ4n) is 1.36. The van der Waals surface area contributed by atoms with E-state index in [4.69, 9.17) is 5.73 Å². The summed E-state index contributed by atoms with van der Waals surface area (Å²) in [5.74, 6) is 0. The molecule has 0 aliphatic rings. The number of nitrogens with two attached hydrogens (primary N) is 1. The summed E-state index contributed by atoms with van der Waals surface area (Å²) in [5.41, 5.74) is 6.65. The molecular formula is C10H19N3. The number of hydrogen-bond donors (Lipinski definition) is 1. The molecule has 0 bridgehead atoms. The lowest BCUT2D eigenvalue weighted by molar-refractivity contribution is 0.537. The zero-order chi connectivity index (χ0) is 9.52. The molecule has 3 nitrogen and oxygen atoms in total. The molecule has 1 rings (SSSR count). The Balaban J connectivity index is 2.06. The second-order valence-corrected chi connectivity index (χ2v) is 3.48. The molecule has 0 spiro atoms. The predicted octanol–water partition coefficient (Wildman–Crippen LogP) is 1.71. The van der Waals surface area contributed by atoms with Gasteiger partial charge in [0, 0.05) is 12.7 Å². The number of rotatable bonds is 6. The van der Waals surface area contributed by atoms with Crippen LogP contribution in [-0.2, 0) is 6.54 Å². The van der Waals surface area contributed by atoms with Gasteiger partial charge in [-0.2, -0.15) is 5.10 Å². The van der Waals surface area contributed by atoms with E-state index in [1.807, 2.05) is 10.9 Å². The summed E-state index contributed by atoms with van der Waals surface area (Å²) >= 11 is 0. The van der Waals surface area contributed by atoms with Crippen molar-refractivity contribution in [2.24, 2.45) is 5.73 Å².